The molecule has 1 aliphatic heterocycles. The van der Waals surface area contributed by atoms with Crippen LogP contribution in [0.1, 0.15) is 91.1 Å². The van der Waals surface area contributed by atoms with Crippen LogP contribution in [0.25, 0.3) is 0 Å². The summed E-state index contributed by atoms with van der Waals surface area (Å²) in [5, 5.41) is 5.95. The van der Waals surface area contributed by atoms with Gasteiger partial charge in [-0.15, -0.1) is 22.7 Å². The van der Waals surface area contributed by atoms with E-state index in [9.17, 15) is 4.79 Å². The summed E-state index contributed by atoms with van der Waals surface area (Å²) in [6.07, 6.45) is 17.4. The lowest BCUT2D eigenvalue weighted by Gasteiger charge is -2.31. The van der Waals surface area contributed by atoms with Crippen molar-refractivity contribution >= 4 is 33.6 Å². The summed E-state index contributed by atoms with van der Waals surface area (Å²) in [6.45, 7) is 5.41. The molecule has 186 valence electrons. The van der Waals surface area contributed by atoms with Gasteiger partial charge in [0.05, 0.1) is 10.7 Å². The van der Waals surface area contributed by atoms with Crippen molar-refractivity contribution < 1.29 is 4.79 Å². The third kappa shape index (κ3) is 6.67. The molecule has 5 rings (SSSR count). The molecule has 0 bridgehead atoms. The van der Waals surface area contributed by atoms with Crippen LogP contribution in [0.4, 0.5) is 5.13 Å². The molecule has 0 radical (unpaired) electrons. The van der Waals surface area contributed by atoms with Crippen molar-refractivity contribution in [2.75, 3.05) is 18.4 Å². The molecular weight excluding hydrogens is 460 g/mol. The normalized spacial score (nSPS) is 24.1. The van der Waals surface area contributed by atoms with Crippen molar-refractivity contribution in [3.05, 3.63) is 26.7 Å². The molecule has 2 saturated carbocycles. The van der Waals surface area contributed by atoms with Gasteiger partial charge >= 0.3 is 0 Å². The van der Waals surface area contributed by atoms with Crippen molar-refractivity contribution in [1.29, 1.82) is 0 Å². The Balaban J connectivity index is 1.01. The Morgan fingerprint density at radius 1 is 1.09 bits per heavy atom. The minimum absolute atomic E-state index is 0.400. The summed E-state index contributed by atoms with van der Waals surface area (Å²) in [6, 6.07) is 0.639. The number of aromatic nitrogens is 2. The lowest BCUT2D eigenvalue weighted by atomic mass is 9.78. The number of nitrogens with zero attached hydrogens (tertiary/aromatic N) is 3. The molecule has 34 heavy (non-hydrogen) atoms. The summed E-state index contributed by atoms with van der Waals surface area (Å²) in [5.74, 6) is 1.83. The highest BCUT2D eigenvalue weighted by atomic mass is 32.1. The molecule has 0 aromatic carbocycles. The second-order valence-electron chi connectivity index (χ2n) is 10.8. The van der Waals surface area contributed by atoms with Gasteiger partial charge in [-0.1, -0.05) is 32.1 Å². The number of hydrogen-bond acceptors (Lipinski definition) is 7. The van der Waals surface area contributed by atoms with Crippen LogP contribution in [-0.2, 0) is 24.2 Å². The van der Waals surface area contributed by atoms with Gasteiger partial charge in [0, 0.05) is 47.9 Å². The van der Waals surface area contributed by atoms with E-state index in [2.05, 4.69) is 15.2 Å². The van der Waals surface area contributed by atoms with E-state index in [-0.39, 0.29) is 0 Å². The van der Waals surface area contributed by atoms with Crippen molar-refractivity contribution in [2.24, 2.45) is 11.8 Å². The van der Waals surface area contributed by atoms with Crippen LogP contribution < -0.4 is 5.32 Å². The third-order valence-corrected chi connectivity index (χ3v) is 10.1. The zero-order valence-electron chi connectivity index (χ0n) is 20.7. The Hall–Kier alpha value is -1.31. The summed E-state index contributed by atoms with van der Waals surface area (Å²) in [7, 11) is 0. The first kappa shape index (κ1) is 24.4. The Kier molecular flexibility index (Phi) is 8.33. The molecule has 2 aliphatic carbocycles. The number of anilines is 1. The Labute approximate surface area is 212 Å². The second-order valence-corrected chi connectivity index (χ2v) is 13.2. The van der Waals surface area contributed by atoms with Gasteiger partial charge in [0.1, 0.15) is 5.78 Å². The number of Topliss-reactive ketones (excluding diaryl/α,β-unsaturated/α-hetero) is 1. The first-order valence-corrected chi connectivity index (χ1v) is 15.1. The monoisotopic (exact) mass is 500 g/mol. The van der Waals surface area contributed by atoms with E-state index < -0.39 is 0 Å². The smallest absolute Gasteiger partial charge is 0.183 e. The Morgan fingerprint density at radius 2 is 1.88 bits per heavy atom. The maximum absolute atomic E-state index is 12.5. The van der Waals surface area contributed by atoms with Gasteiger partial charge in [0.2, 0.25) is 0 Å². The highest BCUT2D eigenvalue weighted by molar-refractivity contribution is 7.15. The van der Waals surface area contributed by atoms with Crippen LogP contribution in [0, 0.1) is 18.8 Å². The molecule has 7 heteroatoms. The summed E-state index contributed by atoms with van der Waals surface area (Å²) in [4.78, 5) is 27.0. The largest absolute Gasteiger partial charge is 0.359 e. The predicted molar refractivity (Wildman–Crippen MR) is 142 cm³/mol. The second kappa shape index (κ2) is 11.6. The number of nitrogens with one attached hydrogen (secondary N) is 1. The van der Waals surface area contributed by atoms with Crippen LogP contribution >= 0.6 is 22.7 Å². The zero-order valence-corrected chi connectivity index (χ0v) is 22.3. The minimum Gasteiger partial charge on any atom is -0.359 e. The van der Waals surface area contributed by atoms with E-state index in [0.717, 1.165) is 40.3 Å². The maximum atomic E-state index is 12.5. The van der Waals surface area contributed by atoms with Gasteiger partial charge in [-0.25, -0.2) is 9.97 Å². The van der Waals surface area contributed by atoms with Crippen LogP contribution in [0.3, 0.4) is 0 Å². The fraction of sp³-hybridized carbons (Fsp3) is 0.741. The number of aryl methyl sites for hydroxylation is 1. The number of thiazole rings is 2. The molecule has 0 amide bonds. The highest BCUT2D eigenvalue weighted by Gasteiger charge is 2.26. The number of carbonyl (C=O) groups is 1. The average Bonchev–Trinajstić information content (AvgIpc) is 3.43. The first-order valence-electron chi connectivity index (χ1n) is 13.5. The fourth-order valence-corrected chi connectivity index (χ4v) is 7.95. The molecule has 2 fully saturated rings. The Morgan fingerprint density at radius 3 is 2.65 bits per heavy atom. The van der Waals surface area contributed by atoms with E-state index in [1.54, 1.807) is 11.3 Å². The molecule has 3 heterocycles. The topological polar surface area (TPSA) is 58.1 Å². The molecular formula is C27H40N4OS2. The van der Waals surface area contributed by atoms with E-state index in [1.807, 2.05) is 24.5 Å². The maximum Gasteiger partial charge on any atom is 0.183 e. The standard InChI is InChI=1S/C27H40N4OS2/c1-19-28-17-24(33-19)16-23(32)15-21-9-7-20(8-10-21)11-13-31-14-12-26-25(18-31)30-27(34-26)29-22-5-3-2-4-6-22/h17,20-22H,2-16,18H2,1H3,(H,29,30). The minimum atomic E-state index is 0.400. The Bertz CT molecular complexity index is 940. The van der Waals surface area contributed by atoms with Crippen LogP contribution in [0.5, 0.6) is 0 Å². The molecule has 3 aliphatic rings. The summed E-state index contributed by atoms with van der Waals surface area (Å²) in [5.41, 5.74) is 1.33. The highest BCUT2D eigenvalue weighted by Crippen LogP contribution is 2.34. The van der Waals surface area contributed by atoms with Crippen LogP contribution in [-0.4, -0.2) is 39.8 Å². The van der Waals surface area contributed by atoms with E-state index in [0.29, 0.717) is 24.2 Å². The SMILES string of the molecule is Cc1ncc(CC(=O)CC2CCC(CCN3CCc4sc(NC5CCCCC5)nc4C3)CC2)s1. The van der Waals surface area contributed by atoms with Gasteiger partial charge in [-0.3, -0.25) is 9.69 Å². The van der Waals surface area contributed by atoms with Gasteiger partial charge < -0.3 is 5.32 Å². The number of rotatable bonds is 9. The summed E-state index contributed by atoms with van der Waals surface area (Å²) < 4.78 is 0. The van der Waals surface area contributed by atoms with Crippen LogP contribution in [0.2, 0.25) is 0 Å². The van der Waals surface area contributed by atoms with E-state index in [1.165, 1.54) is 87.9 Å². The quantitative estimate of drug-likeness (QED) is 0.431. The lowest BCUT2D eigenvalue weighted by Crippen LogP contribution is -2.32. The van der Waals surface area contributed by atoms with Crippen molar-refractivity contribution in [2.45, 2.75) is 103 Å². The molecule has 2 aromatic rings. The zero-order chi connectivity index (χ0) is 23.3. The molecule has 2 aromatic heterocycles. The van der Waals surface area contributed by atoms with Crippen molar-refractivity contribution in [3.63, 3.8) is 0 Å². The molecule has 0 atom stereocenters. The molecule has 5 nitrogen and oxygen atoms in total. The third-order valence-electron chi connectivity index (χ3n) is 8.12. The molecule has 0 saturated heterocycles. The van der Waals surface area contributed by atoms with Gasteiger partial charge in [-0.05, 0) is 63.8 Å². The number of hydrogen-bond donors (Lipinski definition) is 1. The van der Waals surface area contributed by atoms with Gasteiger partial charge in [-0.2, -0.15) is 0 Å². The van der Waals surface area contributed by atoms with Gasteiger partial charge in [0.25, 0.3) is 0 Å². The average molecular weight is 501 g/mol. The summed E-state index contributed by atoms with van der Waals surface area (Å²) >= 11 is 3.56. The molecule has 1 N–H and O–H groups in total. The van der Waals surface area contributed by atoms with Gasteiger partial charge in [0.15, 0.2) is 5.13 Å². The number of ketones is 1. The lowest BCUT2D eigenvalue weighted by molar-refractivity contribution is -0.119. The molecule has 0 unspecified atom stereocenters. The van der Waals surface area contributed by atoms with Crippen LogP contribution in [0.15, 0.2) is 6.20 Å². The number of carbonyl (C=O) groups excluding carboxylic acids is 1. The number of fused-ring (bicyclic) bond motifs is 1. The van der Waals surface area contributed by atoms with Crippen molar-refractivity contribution in [3.8, 4) is 0 Å². The molecule has 0 spiro atoms. The first-order chi connectivity index (χ1) is 16.6. The van der Waals surface area contributed by atoms with Crippen molar-refractivity contribution in [1.82, 2.24) is 14.9 Å². The van der Waals surface area contributed by atoms with E-state index in [4.69, 9.17) is 4.98 Å². The van der Waals surface area contributed by atoms with E-state index >= 15 is 0 Å². The fourth-order valence-electron chi connectivity index (χ4n) is 6.09. The predicted octanol–water partition coefficient (Wildman–Crippen LogP) is 6.41.